The van der Waals surface area contributed by atoms with Crippen LogP contribution in [0.3, 0.4) is 0 Å². The van der Waals surface area contributed by atoms with Crippen molar-refractivity contribution >= 4 is 21.6 Å². The molecule has 3 aromatic carbocycles. The molecule has 1 unspecified atom stereocenters. The maximum absolute atomic E-state index is 13.2. The maximum atomic E-state index is 13.2. The van der Waals surface area contributed by atoms with Gasteiger partial charge in [-0.1, -0.05) is 30.3 Å². The van der Waals surface area contributed by atoms with Crippen molar-refractivity contribution in [2.24, 2.45) is 0 Å². The molecular weight excluding hydrogens is 424 g/mol. The molecule has 0 N–H and O–H groups in total. The summed E-state index contributed by atoms with van der Waals surface area (Å²) in [6, 6.07) is 21.1. The van der Waals surface area contributed by atoms with E-state index in [0.717, 1.165) is 16.9 Å². The summed E-state index contributed by atoms with van der Waals surface area (Å²) in [5.74, 6) is 0.658. The standard InChI is InChI=1S/C25H26N2O4S/c1-18-15-21-16-20(25(28)26(2)17-19-9-12-22(31-3)13-10-19)11-14-24(21)27(18)32(29,30)23-7-5-4-6-8-23/h4-14,16,18H,15,17H2,1-3H3. The molecule has 0 spiro atoms. The number of carbonyl (C=O) groups is 1. The lowest BCUT2D eigenvalue weighted by Crippen LogP contribution is -2.35. The van der Waals surface area contributed by atoms with Crippen LogP contribution >= 0.6 is 0 Å². The second kappa shape index (κ2) is 8.67. The third-order valence-corrected chi connectivity index (χ3v) is 7.65. The molecule has 1 aliphatic heterocycles. The first-order valence-electron chi connectivity index (χ1n) is 10.4. The van der Waals surface area contributed by atoms with Gasteiger partial charge in [0.05, 0.1) is 17.7 Å². The number of anilines is 1. The number of fused-ring (bicyclic) bond motifs is 1. The van der Waals surface area contributed by atoms with Crippen LogP contribution in [0.5, 0.6) is 5.75 Å². The molecular formula is C25H26N2O4S. The van der Waals surface area contributed by atoms with Gasteiger partial charge in [0.15, 0.2) is 0 Å². The van der Waals surface area contributed by atoms with Crippen molar-refractivity contribution in [1.29, 1.82) is 0 Å². The van der Waals surface area contributed by atoms with Gasteiger partial charge >= 0.3 is 0 Å². The summed E-state index contributed by atoms with van der Waals surface area (Å²) >= 11 is 0. The van der Waals surface area contributed by atoms with E-state index in [2.05, 4.69) is 0 Å². The van der Waals surface area contributed by atoms with Crippen LogP contribution in [0.25, 0.3) is 0 Å². The van der Waals surface area contributed by atoms with E-state index in [9.17, 15) is 13.2 Å². The van der Waals surface area contributed by atoms with Crippen LogP contribution in [0.1, 0.15) is 28.4 Å². The van der Waals surface area contributed by atoms with Gasteiger partial charge in [-0.3, -0.25) is 9.10 Å². The van der Waals surface area contributed by atoms with Gasteiger partial charge in [-0.05, 0) is 66.9 Å². The van der Waals surface area contributed by atoms with Crippen molar-refractivity contribution in [2.75, 3.05) is 18.5 Å². The molecule has 1 heterocycles. The molecule has 0 fully saturated rings. The predicted octanol–water partition coefficient (Wildman–Crippen LogP) is 4.11. The summed E-state index contributed by atoms with van der Waals surface area (Å²) in [5.41, 5.74) is 3.04. The Kier molecular flexibility index (Phi) is 5.93. The van der Waals surface area contributed by atoms with Crippen molar-refractivity contribution in [1.82, 2.24) is 4.90 Å². The number of hydrogen-bond acceptors (Lipinski definition) is 4. The molecule has 7 heteroatoms. The quantitative estimate of drug-likeness (QED) is 0.567. The molecule has 32 heavy (non-hydrogen) atoms. The van der Waals surface area contributed by atoms with E-state index in [0.29, 0.717) is 24.2 Å². The topological polar surface area (TPSA) is 66.9 Å². The first-order chi connectivity index (χ1) is 15.3. The molecule has 166 valence electrons. The Hall–Kier alpha value is -3.32. The highest BCUT2D eigenvalue weighted by atomic mass is 32.2. The van der Waals surface area contributed by atoms with Crippen molar-refractivity contribution in [3.05, 3.63) is 89.5 Å². The van der Waals surface area contributed by atoms with Crippen molar-refractivity contribution in [3.63, 3.8) is 0 Å². The number of nitrogens with zero attached hydrogens (tertiary/aromatic N) is 2. The van der Waals surface area contributed by atoms with Crippen LogP contribution in [0, 0.1) is 0 Å². The minimum Gasteiger partial charge on any atom is -0.497 e. The summed E-state index contributed by atoms with van der Waals surface area (Å²) in [5, 5.41) is 0. The molecule has 0 radical (unpaired) electrons. The molecule has 1 amide bonds. The van der Waals surface area contributed by atoms with Gasteiger partial charge in [-0.25, -0.2) is 8.42 Å². The summed E-state index contributed by atoms with van der Waals surface area (Å²) in [7, 11) is -0.294. The van der Waals surface area contributed by atoms with Gasteiger partial charge in [0, 0.05) is 25.2 Å². The molecule has 0 saturated carbocycles. The van der Waals surface area contributed by atoms with E-state index in [1.54, 1.807) is 61.5 Å². The summed E-state index contributed by atoms with van der Waals surface area (Å²) in [6.45, 7) is 2.35. The molecule has 0 aliphatic carbocycles. The van der Waals surface area contributed by atoms with Crippen LogP contribution in [-0.4, -0.2) is 39.4 Å². The summed E-state index contributed by atoms with van der Waals surface area (Å²) in [6.07, 6.45) is 0.560. The monoisotopic (exact) mass is 450 g/mol. The molecule has 0 aromatic heterocycles. The number of carbonyl (C=O) groups excluding carboxylic acids is 1. The smallest absolute Gasteiger partial charge is 0.264 e. The van der Waals surface area contributed by atoms with E-state index in [4.69, 9.17) is 4.74 Å². The lowest BCUT2D eigenvalue weighted by atomic mass is 10.1. The van der Waals surface area contributed by atoms with Gasteiger partial charge in [0.1, 0.15) is 5.75 Å². The fourth-order valence-electron chi connectivity index (χ4n) is 4.11. The highest BCUT2D eigenvalue weighted by molar-refractivity contribution is 7.92. The zero-order chi connectivity index (χ0) is 22.9. The Morgan fingerprint density at radius 1 is 1.06 bits per heavy atom. The highest BCUT2D eigenvalue weighted by Gasteiger charge is 2.36. The molecule has 4 rings (SSSR count). The number of hydrogen-bond donors (Lipinski definition) is 0. The summed E-state index contributed by atoms with van der Waals surface area (Å²) in [4.78, 5) is 14.9. The second-order valence-corrected chi connectivity index (χ2v) is 9.83. The van der Waals surface area contributed by atoms with Gasteiger partial charge < -0.3 is 9.64 Å². The molecule has 0 saturated heterocycles. The number of amides is 1. The van der Waals surface area contributed by atoms with Crippen LogP contribution in [0.2, 0.25) is 0 Å². The van der Waals surface area contributed by atoms with Crippen molar-refractivity contribution < 1.29 is 17.9 Å². The van der Waals surface area contributed by atoms with E-state index < -0.39 is 10.0 Å². The lowest BCUT2D eigenvalue weighted by Gasteiger charge is -2.24. The normalized spacial score (nSPS) is 15.3. The Morgan fingerprint density at radius 3 is 2.41 bits per heavy atom. The Labute approximate surface area is 189 Å². The third-order valence-electron chi connectivity index (χ3n) is 5.71. The van der Waals surface area contributed by atoms with E-state index in [1.807, 2.05) is 37.3 Å². The molecule has 0 bridgehead atoms. The lowest BCUT2D eigenvalue weighted by molar-refractivity contribution is 0.0785. The third kappa shape index (κ3) is 4.08. The molecule has 3 aromatic rings. The minimum atomic E-state index is -3.67. The van der Waals surface area contributed by atoms with Gasteiger partial charge in [0.25, 0.3) is 15.9 Å². The highest BCUT2D eigenvalue weighted by Crippen LogP contribution is 2.37. The van der Waals surface area contributed by atoms with Crippen LogP contribution in [-0.2, 0) is 23.0 Å². The Bertz CT molecular complexity index is 1220. The van der Waals surface area contributed by atoms with Gasteiger partial charge in [-0.15, -0.1) is 0 Å². The van der Waals surface area contributed by atoms with Gasteiger partial charge in [-0.2, -0.15) is 0 Å². The Morgan fingerprint density at radius 2 is 1.75 bits per heavy atom. The number of rotatable bonds is 6. The van der Waals surface area contributed by atoms with E-state index >= 15 is 0 Å². The molecule has 1 aliphatic rings. The average Bonchev–Trinajstić information content (AvgIpc) is 3.15. The molecule has 1 atom stereocenters. The average molecular weight is 451 g/mol. The maximum Gasteiger partial charge on any atom is 0.264 e. The number of ether oxygens (including phenoxy) is 1. The molecule has 6 nitrogen and oxygen atoms in total. The second-order valence-electron chi connectivity index (χ2n) is 8.02. The minimum absolute atomic E-state index is 0.111. The summed E-state index contributed by atoms with van der Waals surface area (Å²) < 4.78 is 33.1. The number of sulfonamides is 1. The first-order valence-corrected chi connectivity index (χ1v) is 11.9. The number of methoxy groups -OCH3 is 1. The number of benzene rings is 3. The van der Waals surface area contributed by atoms with E-state index in [1.165, 1.54) is 4.31 Å². The van der Waals surface area contributed by atoms with Crippen LogP contribution in [0.4, 0.5) is 5.69 Å². The first kappa shape index (κ1) is 21.9. The fourth-order valence-corrected chi connectivity index (χ4v) is 5.82. The fraction of sp³-hybridized carbons (Fsp3) is 0.240. The zero-order valence-corrected chi connectivity index (χ0v) is 19.2. The van der Waals surface area contributed by atoms with Gasteiger partial charge in [0.2, 0.25) is 0 Å². The van der Waals surface area contributed by atoms with Crippen LogP contribution in [0.15, 0.2) is 77.7 Å². The van der Waals surface area contributed by atoms with E-state index in [-0.39, 0.29) is 16.8 Å². The SMILES string of the molecule is COc1ccc(CN(C)C(=O)c2ccc3c(c2)CC(C)N3S(=O)(=O)c2ccccc2)cc1. The Balaban J connectivity index is 1.56. The van der Waals surface area contributed by atoms with Crippen molar-refractivity contribution in [3.8, 4) is 5.75 Å². The van der Waals surface area contributed by atoms with Crippen LogP contribution < -0.4 is 9.04 Å². The predicted molar refractivity (Wildman–Crippen MR) is 125 cm³/mol. The zero-order valence-electron chi connectivity index (χ0n) is 18.4. The largest absolute Gasteiger partial charge is 0.497 e. The van der Waals surface area contributed by atoms with Crippen molar-refractivity contribution in [2.45, 2.75) is 30.8 Å².